The van der Waals surface area contributed by atoms with Crippen LogP contribution in [0.15, 0.2) is 35.4 Å². The fourth-order valence-electron chi connectivity index (χ4n) is 4.94. The number of carbonyl (C=O) groups is 1. The highest BCUT2D eigenvalue weighted by Gasteiger charge is 2.41. The van der Waals surface area contributed by atoms with Crippen molar-refractivity contribution in [2.24, 2.45) is 0 Å². The summed E-state index contributed by atoms with van der Waals surface area (Å²) < 4.78 is 41.7. The average Bonchev–Trinajstić information content (AvgIpc) is 3.23. The summed E-state index contributed by atoms with van der Waals surface area (Å²) >= 11 is 9.02. The zero-order valence-corrected chi connectivity index (χ0v) is 22.0. The number of benzene rings is 1. The molecule has 6 rings (SSSR count). The largest absolute Gasteiger partial charge is 0.420 e. The predicted molar refractivity (Wildman–Crippen MR) is 140 cm³/mol. The molecule has 2 fully saturated rings. The van der Waals surface area contributed by atoms with Crippen LogP contribution < -0.4 is 15.5 Å². The van der Waals surface area contributed by atoms with Crippen molar-refractivity contribution < 1.29 is 18.0 Å². The second-order valence-electron chi connectivity index (χ2n) is 9.23. The number of thiophene rings is 1. The first-order chi connectivity index (χ1) is 17.7. The van der Waals surface area contributed by atoms with Crippen LogP contribution >= 0.6 is 34.7 Å². The Morgan fingerprint density at radius 2 is 2.00 bits per heavy atom. The van der Waals surface area contributed by atoms with Gasteiger partial charge < -0.3 is 20.4 Å². The summed E-state index contributed by atoms with van der Waals surface area (Å²) in [6.45, 7) is 2.44. The van der Waals surface area contributed by atoms with Crippen LogP contribution in [0, 0.1) is 0 Å². The third-order valence-corrected chi connectivity index (χ3v) is 9.43. The molecule has 5 heterocycles. The summed E-state index contributed by atoms with van der Waals surface area (Å²) in [4.78, 5) is 26.2. The van der Waals surface area contributed by atoms with Gasteiger partial charge in [0.15, 0.2) is 0 Å². The zero-order valence-electron chi connectivity index (χ0n) is 19.6. The van der Waals surface area contributed by atoms with E-state index in [1.807, 2.05) is 12.1 Å². The van der Waals surface area contributed by atoms with E-state index in [0.29, 0.717) is 44.9 Å². The van der Waals surface area contributed by atoms with Crippen LogP contribution in [0.5, 0.6) is 0 Å². The quantitative estimate of drug-likeness (QED) is 0.441. The normalized spacial score (nSPS) is 21.4. The second-order valence-corrected chi connectivity index (χ2v) is 11.8. The van der Waals surface area contributed by atoms with Crippen molar-refractivity contribution in [3.05, 3.63) is 45.9 Å². The van der Waals surface area contributed by atoms with Crippen LogP contribution in [0.2, 0.25) is 5.02 Å². The predicted octanol–water partition coefficient (Wildman–Crippen LogP) is 5.35. The molecule has 13 heteroatoms. The first kappa shape index (κ1) is 24.8. The fraction of sp³-hybridized carbons (Fsp3) is 0.375. The van der Waals surface area contributed by atoms with Crippen LogP contribution in [0.1, 0.15) is 21.7 Å². The van der Waals surface area contributed by atoms with Gasteiger partial charge in [-0.15, -0.1) is 23.1 Å². The van der Waals surface area contributed by atoms with Crippen molar-refractivity contribution in [1.29, 1.82) is 0 Å². The fourth-order valence-corrected chi connectivity index (χ4v) is 7.60. The number of thioether (sulfide) groups is 1. The molecule has 2 aromatic heterocycles. The van der Waals surface area contributed by atoms with Crippen molar-refractivity contribution in [3.63, 3.8) is 0 Å². The highest BCUT2D eigenvalue weighted by atomic mass is 35.5. The van der Waals surface area contributed by atoms with E-state index < -0.39 is 11.7 Å². The number of alkyl halides is 3. The monoisotopic (exact) mass is 566 g/mol. The Labute approximate surface area is 224 Å². The number of anilines is 3. The number of piperazine rings is 1. The SMILES string of the molecule is CN1CCSc2cc(-c3nc(Nc4ccc(N5C6CNCC5C6)cc4Cl)ncc3C(F)(F)F)sc2C1=O. The van der Waals surface area contributed by atoms with Crippen LogP contribution in [-0.4, -0.2) is 65.3 Å². The number of hydrogen-bond donors (Lipinski definition) is 2. The Balaban J connectivity index is 1.32. The van der Waals surface area contributed by atoms with E-state index in [1.165, 1.54) is 11.8 Å². The number of carbonyl (C=O) groups excluding carboxylic acids is 1. The Bertz CT molecular complexity index is 1370. The second kappa shape index (κ2) is 9.33. The first-order valence-electron chi connectivity index (χ1n) is 11.7. The van der Waals surface area contributed by atoms with E-state index in [2.05, 4.69) is 25.5 Å². The molecule has 2 saturated heterocycles. The van der Waals surface area contributed by atoms with Gasteiger partial charge in [-0.25, -0.2) is 9.97 Å². The van der Waals surface area contributed by atoms with Gasteiger partial charge in [-0.1, -0.05) is 11.6 Å². The van der Waals surface area contributed by atoms with E-state index in [-0.39, 0.29) is 22.4 Å². The molecule has 0 saturated carbocycles. The van der Waals surface area contributed by atoms with Gasteiger partial charge in [0.25, 0.3) is 5.91 Å². The van der Waals surface area contributed by atoms with E-state index in [4.69, 9.17) is 11.6 Å². The van der Waals surface area contributed by atoms with E-state index in [9.17, 15) is 18.0 Å². The lowest BCUT2D eigenvalue weighted by Gasteiger charge is -2.54. The molecule has 7 nitrogen and oxygen atoms in total. The topological polar surface area (TPSA) is 73.4 Å². The molecule has 3 aliphatic rings. The van der Waals surface area contributed by atoms with E-state index >= 15 is 0 Å². The molecular weight excluding hydrogens is 545 g/mol. The number of nitrogens with zero attached hydrogens (tertiary/aromatic N) is 4. The molecule has 2 unspecified atom stereocenters. The van der Waals surface area contributed by atoms with Gasteiger partial charge in [-0.05, 0) is 30.7 Å². The van der Waals surface area contributed by atoms with Crippen LogP contribution in [-0.2, 0) is 6.18 Å². The molecule has 194 valence electrons. The number of halogens is 4. The van der Waals surface area contributed by atoms with E-state index in [1.54, 1.807) is 24.1 Å². The molecule has 2 atom stereocenters. The van der Waals surface area contributed by atoms with E-state index in [0.717, 1.165) is 42.7 Å². The van der Waals surface area contributed by atoms with Gasteiger partial charge in [0.1, 0.15) is 10.4 Å². The maximum Gasteiger partial charge on any atom is 0.420 e. The van der Waals surface area contributed by atoms with Crippen LogP contribution in [0.3, 0.4) is 0 Å². The molecule has 0 spiro atoms. The average molecular weight is 567 g/mol. The number of hydrogen-bond acceptors (Lipinski definition) is 8. The number of rotatable bonds is 4. The summed E-state index contributed by atoms with van der Waals surface area (Å²) in [5.41, 5.74) is 0.279. The van der Waals surface area contributed by atoms with Crippen LogP contribution in [0.25, 0.3) is 10.6 Å². The third-order valence-electron chi connectivity index (χ3n) is 6.84. The first-order valence-corrected chi connectivity index (χ1v) is 13.9. The standard InChI is InChI=1S/C24H22ClF3N6OS2/c1-33-4-5-36-19-8-18(37-21(19)22(33)35)20-15(24(26,27)28)11-30-23(32-20)31-17-3-2-12(7-16(17)25)34-13-6-14(34)10-29-9-13/h2-3,7-8,11,13-14,29H,4-6,9-10H2,1H3,(H,30,31,32). The smallest absolute Gasteiger partial charge is 0.363 e. The summed E-state index contributed by atoms with van der Waals surface area (Å²) in [7, 11) is 1.69. The van der Waals surface area contributed by atoms with Gasteiger partial charge >= 0.3 is 6.18 Å². The molecule has 1 amide bonds. The highest BCUT2D eigenvalue weighted by molar-refractivity contribution is 7.99. The van der Waals surface area contributed by atoms with Crippen molar-refractivity contribution in [2.45, 2.75) is 29.6 Å². The number of aromatic nitrogens is 2. The highest BCUT2D eigenvalue weighted by Crippen LogP contribution is 2.43. The molecule has 37 heavy (non-hydrogen) atoms. The lowest BCUT2D eigenvalue weighted by molar-refractivity contribution is -0.137. The van der Waals surface area contributed by atoms with Crippen LogP contribution in [0.4, 0.5) is 30.5 Å². The Morgan fingerprint density at radius 1 is 1.22 bits per heavy atom. The molecule has 3 aromatic rings. The molecule has 2 bridgehead atoms. The van der Waals surface area contributed by atoms with Gasteiger partial charge in [-0.2, -0.15) is 13.2 Å². The minimum Gasteiger partial charge on any atom is -0.363 e. The van der Waals surface area contributed by atoms with Crippen molar-refractivity contribution in [3.8, 4) is 10.6 Å². The van der Waals surface area contributed by atoms with Gasteiger partial charge in [0.2, 0.25) is 5.95 Å². The Kier molecular flexibility index (Phi) is 6.25. The lowest BCUT2D eigenvalue weighted by Crippen LogP contribution is -2.68. The maximum atomic E-state index is 13.9. The number of piperidine rings is 1. The van der Waals surface area contributed by atoms with Gasteiger partial charge in [-0.3, -0.25) is 4.79 Å². The van der Waals surface area contributed by atoms with Crippen molar-refractivity contribution in [1.82, 2.24) is 20.2 Å². The van der Waals surface area contributed by atoms with Crippen molar-refractivity contribution in [2.75, 3.05) is 42.7 Å². The summed E-state index contributed by atoms with van der Waals surface area (Å²) in [5.74, 6) is 0.450. The third kappa shape index (κ3) is 4.53. The Hall–Kier alpha value is -2.54. The summed E-state index contributed by atoms with van der Waals surface area (Å²) in [5, 5.41) is 6.79. The minimum atomic E-state index is -4.66. The summed E-state index contributed by atoms with van der Waals surface area (Å²) in [6.07, 6.45) is -2.74. The molecule has 0 radical (unpaired) electrons. The molecule has 2 N–H and O–H groups in total. The van der Waals surface area contributed by atoms with Gasteiger partial charge in [0.05, 0.1) is 21.3 Å². The molecule has 1 aromatic carbocycles. The number of amides is 1. The van der Waals surface area contributed by atoms with Crippen molar-refractivity contribution >= 4 is 57.9 Å². The number of nitrogens with one attached hydrogen (secondary N) is 2. The molecule has 3 aliphatic heterocycles. The van der Waals surface area contributed by atoms with Gasteiger partial charge in [0, 0.05) is 61.3 Å². The molecule has 0 aliphatic carbocycles. The lowest BCUT2D eigenvalue weighted by atomic mass is 9.88. The maximum absolute atomic E-state index is 13.9. The number of fused-ring (bicyclic) bond motifs is 3. The minimum absolute atomic E-state index is 0.0117. The Morgan fingerprint density at radius 3 is 2.70 bits per heavy atom. The molecular formula is C24H22ClF3N6OS2. The summed E-state index contributed by atoms with van der Waals surface area (Å²) in [6, 6.07) is 8.09. The zero-order chi connectivity index (χ0) is 25.9.